The van der Waals surface area contributed by atoms with Crippen LogP contribution in [0, 0.1) is 0 Å². The Morgan fingerprint density at radius 1 is 1.19 bits per heavy atom. The highest BCUT2D eigenvalue weighted by Crippen LogP contribution is 2.35. The average Bonchev–Trinajstić information content (AvgIpc) is 3.29. The third kappa shape index (κ3) is 3.22. The number of hydrogen-bond donors (Lipinski definition) is 2. The summed E-state index contributed by atoms with van der Waals surface area (Å²) in [6.07, 6.45) is 8.53. The second-order valence-corrected chi connectivity index (χ2v) is 8.51. The third-order valence-electron chi connectivity index (χ3n) is 5.58. The van der Waals surface area contributed by atoms with Gasteiger partial charge >= 0.3 is 6.03 Å². The zero-order valence-corrected chi connectivity index (χ0v) is 15.6. The number of carbonyl (C=O) groups is 3. The molecule has 2 fully saturated rings. The Hall–Kier alpha value is -1.96. The number of fused-ring (bicyclic) bond motifs is 1. The van der Waals surface area contributed by atoms with E-state index >= 15 is 0 Å². The van der Waals surface area contributed by atoms with Crippen molar-refractivity contribution in [1.29, 1.82) is 0 Å². The van der Waals surface area contributed by atoms with E-state index in [1.165, 1.54) is 16.2 Å². The molecule has 1 aromatic heterocycles. The van der Waals surface area contributed by atoms with Crippen LogP contribution in [0.15, 0.2) is 0 Å². The number of carbonyl (C=O) groups excluding carboxylic acids is 3. The number of urea groups is 1. The fourth-order valence-corrected chi connectivity index (χ4v) is 5.25. The topological polar surface area (TPSA) is 91.4 Å². The molecule has 1 aliphatic heterocycles. The minimum absolute atomic E-state index is 0.112. The molecule has 0 radical (unpaired) electrons. The van der Waals surface area contributed by atoms with Crippen LogP contribution in [0.5, 0.6) is 0 Å². The first kappa shape index (κ1) is 17.5. The first-order chi connectivity index (χ1) is 12.6. The maximum absolute atomic E-state index is 12.6. The number of rotatable bonds is 5. The van der Waals surface area contributed by atoms with E-state index in [1.54, 1.807) is 11.3 Å². The standard InChI is InChI=1S/C18H24N4O3S/c23-14(20-16-19-12-6-1-2-7-13(12)26-16)8-5-11-22-15(24)18(21-17(22)25)9-3-4-10-18/h1-11H2,(H,21,25)(H,19,20,23). The molecule has 0 atom stereocenters. The van der Waals surface area contributed by atoms with Gasteiger partial charge in [-0.15, -0.1) is 11.3 Å². The molecule has 140 valence electrons. The lowest BCUT2D eigenvalue weighted by Gasteiger charge is -2.19. The molecule has 4 rings (SSSR count). The monoisotopic (exact) mass is 376 g/mol. The van der Waals surface area contributed by atoms with Gasteiger partial charge in [0.15, 0.2) is 5.13 Å². The molecular weight excluding hydrogens is 352 g/mol. The van der Waals surface area contributed by atoms with Crippen LogP contribution >= 0.6 is 11.3 Å². The van der Waals surface area contributed by atoms with Gasteiger partial charge in [0.1, 0.15) is 5.54 Å². The molecule has 4 amide bonds. The van der Waals surface area contributed by atoms with Crippen molar-refractivity contribution in [1.82, 2.24) is 15.2 Å². The van der Waals surface area contributed by atoms with Crippen molar-refractivity contribution < 1.29 is 14.4 Å². The molecule has 1 spiro atoms. The van der Waals surface area contributed by atoms with E-state index in [2.05, 4.69) is 15.6 Å². The second-order valence-electron chi connectivity index (χ2n) is 7.42. The molecule has 1 saturated heterocycles. The van der Waals surface area contributed by atoms with Crippen molar-refractivity contribution >= 4 is 34.3 Å². The quantitative estimate of drug-likeness (QED) is 0.773. The molecule has 3 aliphatic rings. The third-order valence-corrected chi connectivity index (χ3v) is 6.65. The van der Waals surface area contributed by atoms with Gasteiger partial charge in [0, 0.05) is 17.8 Å². The smallest absolute Gasteiger partial charge is 0.323 e. The normalized spacial score (nSPS) is 21.2. The van der Waals surface area contributed by atoms with E-state index in [-0.39, 0.29) is 30.8 Å². The lowest BCUT2D eigenvalue weighted by atomic mass is 9.98. The van der Waals surface area contributed by atoms with Crippen LogP contribution < -0.4 is 10.6 Å². The molecular formula is C18H24N4O3S. The van der Waals surface area contributed by atoms with Gasteiger partial charge in [0.05, 0.1) is 5.69 Å². The maximum Gasteiger partial charge on any atom is 0.325 e. The lowest BCUT2D eigenvalue weighted by Crippen LogP contribution is -2.44. The van der Waals surface area contributed by atoms with Gasteiger partial charge in [0.2, 0.25) is 5.91 Å². The number of nitrogens with zero attached hydrogens (tertiary/aromatic N) is 2. The summed E-state index contributed by atoms with van der Waals surface area (Å²) in [6, 6.07) is -0.315. The van der Waals surface area contributed by atoms with Gasteiger partial charge in [-0.1, -0.05) is 12.8 Å². The van der Waals surface area contributed by atoms with Crippen molar-refractivity contribution in [3.63, 3.8) is 0 Å². The number of aryl methyl sites for hydroxylation is 2. The van der Waals surface area contributed by atoms with Crippen molar-refractivity contribution in [2.45, 2.75) is 69.7 Å². The lowest BCUT2D eigenvalue weighted by molar-refractivity contribution is -0.131. The highest BCUT2D eigenvalue weighted by Gasteiger charge is 2.52. The van der Waals surface area contributed by atoms with E-state index in [4.69, 9.17) is 0 Å². The zero-order chi connectivity index (χ0) is 18.1. The summed E-state index contributed by atoms with van der Waals surface area (Å²) in [6.45, 7) is 0.286. The molecule has 2 heterocycles. The number of aromatic nitrogens is 1. The number of nitrogens with one attached hydrogen (secondary N) is 2. The van der Waals surface area contributed by atoms with Crippen LogP contribution in [0.2, 0.25) is 0 Å². The summed E-state index contributed by atoms with van der Waals surface area (Å²) in [5, 5.41) is 6.39. The molecule has 1 aromatic rings. The van der Waals surface area contributed by atoms with Gasteiger partial charge in [-0.05, 0) is 44.9 Å². The van der Waals surface area contributed by atoms with Crippen LogP contribution in [0.25, 0.3) is 0 Å². The fraction of sp³-hybridized carbons (Fsp3) is 0.667. The molecule has 26 heavy (non-hydrogen) atoms. The predicted octanol–water partition coefficient (Wildman–Crippen LogP) is 2.61. The van der Waals surface area contributed by atoms with E-state index in [9.17, 15) is 14.4 Å². The van der Waals surface area contributed by atoms with E-state index in [0.717, 1.165) is 50.6 Å². The summed E-state index contributed by atoms with van der Waals surface area (Å²) in [5.74, 6) is -0.230. The first-order valence-corrected chi connectivity index (χ1v) is 10.3. The molecule has 0 unspecified atom stereocenters. The van der Waals surface area contributed by atoms with Crippen molar-refractivity contribution in [2.75, 3.05) is 11.9 Å². The van der Waals surface area contributed by atoms with Gasteiger partial charge in [0.25, 0.3) is 5.91 Å². The largest absolute Gasteiger partial charge is 0.325 e. The van der Waals surface area contributed by atoms with Gasteiger partial charge in [-0.3, -0.25) is 14.5 Å². The summed E-state index contributed by atoms with van der Waals surface area (Å²) in [5.41, 5.74) is 0.456. The Morgan fingerprint density at radius 2 is 1.96 bits per heavy atom. The van der Waals surface area contributed by atoms with Gasteiger partial charge < -0.3 is 10.6 Å². The number of thiazole rings is 1. The highest BCUT2D eigenvalue weighted by atomic mass is 32.1. The first-order valence-electron chi connectivity index (χ1n) is 9.50. The molecule has 8 heteroatoms. The van der Waals surface area contributed by atoms with E-state index in [0.29, 0.717) is 11.6 Å². The maximum atomic E-state index is 12.6. The Balaban J connectivity index is 1.26. The van der Waals surface area contributed by atoms with Crippen LogP contribution in [0.4, 0.5) is 9.93 Å². The minimum Gasteiger partial charge on any atom is -0.323 e. The number of anilines is 1. The minimum atomic E-state index is -0.667. The summed E-state index contributed by atoms with van der Waals surface area (Å²) >= 11 is 1.56. The Morgan fingerprint density at radius 3 is 2.73 bits per heavy atom. The van der Waals surface area contributed by atoms with Gasteiger partial charge in [-0.2, -0.15) is 0 Å². The van der Waals surface area contributed by atoms with Gasteiger partial charge in [-0.25, -0.2) is 9.78 Å². The predicted molar refractivity (Wildman–Crippen MR) is 98.1 cm³/mol. The summed E-state index contributed by atoms with van der Waals surface area (Å²) in [4.78, 5) is 43.9. The van der Waals surface area contributed by atoms with Crippen LogP contribution in [-0.4, -0.2) is 39.8 Å². The molecule has 2 N–H and O–H groups in total. The number of imide groups is 1. The Labute approximate surface area is 156 Å². The number of hydrogen-bond acceptors (Lipinski definition) is 5. The Bertz CT molecular complexity index is 715. The van der Waals surface area contributed by atoms with Crippen LogP contribution in [0.1, 0.15) is 61.9 Å². The zero-order valence-electron chi connectivity index (χ0n) is 14.8. The molecule has 7 nitrogen and oxygen atoms in total. The van der Waals surface area contributed by atoms with E-state index < -0.39 is 5.54 Å². The average molecular weight is 376 g/mol. The van der Waals surface area contributed by atoms with E-state index in [1.807, 2.05) is 0 Å². The molecule has 0 bridgehead atoms. The summed E-state index contributed by atoms with van der Waals surface area (Å²) < 4.78 is 0. The highest BCUT2D eigenvalue weighted by molar-refractivity contribution is 7.15. The van der Waals surface area contributed by atoms with Crippen LogP contribution in [0.3, 0.4) is 0 Å². The van der Waals surface area contributed by atoms with Crippen molar-refractivity contribution in [3.8, 4) is 0 Å². The van der Waals surface area contributed by atoms with Crippen molar-refractivity contribution in [2.24, 2.45) is 0 Å². The summed E-state index contributed by atoms with van der Waals surface area (Å²) in [7, 11) is 0. The fourth-order valence-electron chi connectivity index (χ4n) is 4.18. The Kier molecular flexibility index (Phi) is 4.69. The molecule has 0 aromatic carbocycles. The second kappa shape index (κ2) is 6.98. The number of amides is 4. The molecule has 1 saturated carbocycles. The molecule has 2 aliphatic carbocycles. The van der Waals surface area contributed by atoms with Crippen LogP contribution in [-0.2, 0) is 22.4 Å². The van der Waals surface area contributed by atoms with Crippen molar-refractivity contribution in [3.05, 3.63) is 10.6 Å². The SMILES string of the molecule is O=C(CCCN1C(=O)NC2(CCCC2)C1=O)Nc1nc2c(s1)CCCC2.